The van der Waals surface area contributed by atoms with Crippen LogP contribution in [0.25, 0.3) is 5.95 Å². The van der Waals surface area contributed by atoms with Crippen LogP contribution < -0.4 is 9.80 Å². The van der Waals surface area contributed by atoms with Crippen LogP contribution >= 0.6 is 0 Å². The van der Waals surface area contributed by atoms with Crippen LogP contribution in [0.5, 0.6) is 0 Å². The summed E-state index contributed by atoms with van der Waals surface area (Å²) >= 11 is 0. The number of ether oxygens (including phenoxy) is 1. The van der Waals surface area contributed by atoms with Crippen molar-refractivity contribution in [1.29, 1.82) is 0 Å². The highest BCUT2D eigenvalue weighted by Gasteiger charge is 2.23. The van der Waals surface area contributed by atoms with Gasteiger partial charge in [-0.15, -0.1) is 0 Å². The van der Waals surface area contributed by atoms with E-state index in [-0.39, 0.29) is 12.7 Å². The highest BCUT2D eigenvalue weighted by molar-refractivity contribution is 5.53. The Bertz CT molecular complexity index is 756. The molecule has 0 bridgehead atoms. The van der Waals surface area contributed by atoms with Crippen molar-refractivity contribution in [3.05, 3.63) is 24.0 Å². The van der Waals surface area contributed by atoms with Gasteiger partial charge in [0, 0.05) is 38.4 Å². The number of morpholine rings is 1. The van der Waals surface area contributed by atoms with E-state index in [9.17, 15) is 5.11 Å². The number of anilines is 2. The predicted octanol–water partition coefficient (Wildman–Crippen LogP) is 1.55. The Morgan fingerprint density at radius 3 is 2.48 bits per heavy atom. The van der Waals surface area contributed by atoms with Crippen LogP contribution in [0.4, 0.5) is 11.6 Å². The minimum absolute atomic E-state index is 0.0196. The smallest absolute Gasteiger partial charge is 0.254 e. The van der Waals surface area contributed by atoms with Crippen molar-refractivity contribution >= 4 is 11.6 Å². The number of hydrogen-bond acceptors (Lipinski definition) is 7. The minimum atomic E-state index is -0.175. The lowest BCUT2D eigenvalue weighted by Gasteiger charge is -2.33. The second-order valence-electron chi connectivity index (χ2n) is 7.31. The molecular weight excluding hydrogens is 344 g/mol. The first-order valence-corrected chi connectivity index (χ1v) is 9.87. The number of aliphatic hydroxyl groups excluding tert-OH is 1. The Hall–Kier alpha value is -2.19. The molecule has 1 atom stereocenters. The highest BCUT2D eigenvalue weighted by Crippen LogP contribution is 2.24. The maximum atomic E-state index is 9.47. The van der Waals surface area contributed by atoms with E-state index in [0.717, 1.165) is 37.0 Å². The average molecular weight is 372 g/mol. The molecule has 0 radical (unpaired) electrons. The molecule has 0 aliphatic carbocycles. The molecule has 0 spiro atoms. The van der Waals surface area contributed by atoms with Crippen molar-refractivity contribution in [2.75, 3.05) is 49.2 Å². The summed E-state index contributed by atoms with van der Waals surface area (Å²) in [6.45, 7) is 6.00. The predicted molar refractivity (Wildman–Crippen MR) is 104 cm³/mol. The molecule has 2 aliphatic heterocycles. The fourth-order valence-electron chi connectivity index (χ4n) is 3.70. The lowest BCUT2D eigenvalue weighted by molar-refractivity contribution is 0.00336. The molecule has 146 valence electrons. The summed E-state index contributed by atoms with van der Waals surface area (Å²) in [5.41, 5.74) is 0.937. The van der Waals surface area contributed by atoms with Gasteiger partial charge in [-0.2, -0.15) is 15.1 Å². The molecule has 4 heterocycles. The third-order valence-corrected chi connectivity index (χ3v) is 5.21. The molecule has 2 aliphatic rings. The molecule has 2 saturated heterocycles. The Balaban J connectivity index is 1.69. The summed E-state index contributed by atoms with van der Waals surface area (Å²) in [6, 6.07) is 4.03. The summed E-state index contributed by atoms with van der Waals surface area (Å²) in [5.74, 6) is 2.41. The first kappa shape index (κ1) is 18.2. The molecule has 1 N–H and O–H groups in total. The maximum absolute atomic E-state index is 9.47. The Morgan fingerprint density at radius 2 is 1.81 bits per heavy atom. The van der Waals surface area contributed by atoms with Gasteiger partial charge >= 0.3 is 0 Å². The first-order chi connectivity index (χ1) is 13.2. The number of hydrogen-bond donors (Lipinski definition) is 1. The highest BCUT2D eigenvalue weighted by atomic mass is 16.5. The average Bonchev–Trinajstić information content (AvgIpc) is 2.97. The van der Waals surface area contributed by atoms with Gasteiger partial charge < -0.3 is 19.6 Å². The lowest BCUT2D eigenvalue weighted by atomic mass is 10.2. The van der Waals surface area contributed by atoms with E-state index in [2.05, 4.69) is 21.0 Å². The van der Waals surface area contributed by atoms with Crippen LogP contribution in [0, 0.1) is 6.92 Å². The Kier molecular flexibility index (Phi) is 5.54. The van der Waals surface area contributed by atoms with Crippen molar-refractivity contribution in [1.82, 2.24) is 19.7 Å². The lowest BCUT2D eigenvalue weighted by Crippen LogP contribution is -2.44. The van der Waals surface area contributed by atoms with Crippen molar-refractivity contribution in [2.45, 2.75) is 38.7 Å². The van der Waals surface area contributed by atoms with Gasteiger partial charge in [-0.25, -0.2) is 4.68 Å². The number of aromatic nitrogens is 4. The minimum Gasteiger partial charge on any atom is -0.394 e. The van der Waals surface area contributed by atoms with Crippen molar-refractivity contribution < 1.29 is 9.84 Å². The third kappa shape index (κ3) is 4.22. The second kappa shape index (κ2) is 8.22. The quantitative estimate of drug-likeness (QED) is 0.872. The number of nitrogens with zero attached hydrogens (tertiary/aromatic N) is 6. The SMILES string of the molecule is Cc1ccn(-c2nc(N3CCCCCC3)cc(N3CCOC(CO)C3)n2)n1. The summed E-state index contributed by atoms with van der Waals surface area (Å²) in [5, 5.41) is 14.0. The van der Waals surface area contributed by atoms with Crippen LogP contribution in [-0.2, 0) is 4.74 Å². The van der Waals surface area contributed by atoms with Crippen LogP contribution in [-0.4, -0.2) is 70.4 Å². The van der Waals surface area contributed by atoms with Crippen LogP contribution in [0.2, 0.25) is 0 Å². The monoisotopic (exact) mass is 372 g/mol. The topological polar surface area (TPSA) is 79.5 Å². The van der Waals surface area contributed by atoms with Crippen molar-refractivity contribution in [2.24, 2.45) is 0 Å². The fourth-order valence-corrected chi connectivity index (χ4v) is 3.70. The largest absolute Gasteiger partial charge is 0.394 e. The number of aliphatic hydroxyl groups is 1. The van der Waals surface area contributed by atoms with Gasteiger partial charge in [-0.3, -0.25) is 0 Å². The van der Waals surface area contributed by atoms with Crippen molar-refractivity contribution in [3.8, 4) is 5.95 Å². The molecule has 4 rings (SSSR count). The van der Waals surface area contributed by atoms with E-state index in [4.69, 9.17) is 14.7 Å². The molecule has 2 fully saturated rings. The zero-order valence-electron chi connectivity index (χ0n) is 15.9. The molecule has 1 unspecified atom stereocenters. The van der Waals surface area contributed by atoms with Gasteiger partial charge in [0.25, 0.3) is 5.95 Å². The van der Waals surface area contributed by atoms with Crippen LogP contribution in [0.1, 0.15) is 31.4 Å². The van der Waals surface area contributed by atoms with E-state index < -0.39 is 0 Å². The van der Waals surface area contributed by atoms with Gasteiger partial charge in [0.2, 0.25) is 0 Å². The molecule has 0 saturated carbocycles. The summed E-state index contributed by atoms with van der Waals surface area (Å²) < 4.78 is 7.34. The van der Waals surface area contributed by atoms with E-state index >= 15 is 0 Å². The van der Waals surface area contributed by atoms with Gasteiger partial charge in [-0.05, 0) is 25.8 Å². The molecule has 8 nitrogen and oxygen atoms in total. The summed E-state index contributed by atoms with van der Waals surface area (Å²) in [7, 11) is 0. The van der Waals surface area contributed by atoms with Gasteiger partial charge in [0.1, 0.15) is 11.6 Å². The van der Waals surface area contributed by atoms with E-state index in [1.54, 1.807) is 4.68 Å². The fraction of sp³-hybridized carbons (Fsp3) is 0.632. The zero-order valence-corrected chi connectivity index (χ0v) is 15.9. The molecule has 0 aromatic carbocycles. The molecular formula is C19H28N6O2. The maximum Gasteiger partial charge on any atom is 0.254 e. The van der Waals surface area contributed by atoms with E-state index in [1.807, 2.05) is 19.2 Å². The molecule has 2 aromatic heterocycles. The molecule has 0 amide bonds. The standard InChI is InChI=1S/C19H28N6O2/c1-15-6-9-25(22-15)19-20-17(23-7-4-2-3-5-8-23)12-18(21-19)24-10-11-27-16(13-24)14-26/h6,9,12,16,26H,2-5,7-8,10-11,13-14H2,1H3. The number of rotatable bonds is 4. The van der Waals surface area contributed by atoms with Crippen molar-refractivity contribution in [3.63, 3.8) is 0 Å². The number of aryl methyl sites for hydroxylation is 1. The molecule has 8 heteroatoms. The molecule has 27 heavy (non-hydrogen) atoms. The normalized spacial score (nSPS) is 21.3. The van der Waals surface area contributed by atoms with Gasteiger partial charge in [-0.1, -0.05) is 12.8 Å². The zero-order chi connectivity index (χ0) is 18.6. The van der Waals surface area contributed by atoms with Crippen LogP contribution in [0.3, 0.4) is 0 Å². The van der Waals surface area contributed by atoms with E-state index in [0.29, 0.717) is 19.1 Å². The molecule has 2 aromatic rings. The van der Waals surface area contributed by atoms with Gasteiger partial charge in [0.15, 0.2) is 0 Å². The van der Waals surface area contributed by atoms with Crippen LogP contribution in [0.15, 0.2) is 18.3 Å². The third-order valence-electron chi connectivity index (χ3n) is 5.21. The Morgan fingerprint density at radius 1 is 1.07 bits per heavy atom. The Labute approximate surface area is 159 Å². The van der Waals surface area contributed by atoms with Gasteiger partial charge in [0.05, 0.1) is 25.0 Å². The summed E-state index contributed by atoms with van der Waals surface area (Å²) in [4.78, 5) is 14.1. The first-order valence-electron chi connectivity index (χ1n) is 9.87. The summed E-state index contributed by atoms with van der Waals surface area (Å²) in [6.07, 6.45) is 6.67. The second-order valence-corrected chi connectivity index (χ2v) is 7.31. The van der Waals surface area contributed by atoms with E-state index in [1.165, 1.54) is 25.7 Å².